The molecule has 1 aliphatic carbocycles. The van der Waals surface area contributed by atoms with Crippen molar-refractivity contribution >= 4 is 11.9 Å². The van der Waals surface area contributed by atoms with Gasteiger partial charge in [0.25, 0.3) is 5.91 Å². The predicted octanol–water partition coefficient (Wildman–Crippen LogP) is 4.63. The monoisotopic (exact) mass is 436 g/mol. The molecule has 3 rings (SSSR count). The molecule has 0 atom stereocenters. The van der Waals surface area contributed by atoms with Gasteiger partial charge < -0.3 is 15.5 Å². The fraction of sp³-hybridized carbons (Fsp3) is 0.409. The Bertz CT molecular complexity index is 983. The number of aromatic nitrogens is 1. The van der Waals surface area contributed by atoms with Crippen molar-refractivity contribution in [1.29, 1.82) is 0 Å². The van der Waals surface area contributed by atoms with Gasteiger partial charge in [0, 0.05) is 11.8 Å². The summed E-state index contributed by atoms with van der Waals surface area (Å²) in [6.45, 7) is 2.04. The van der Waals surface area contributed by atoms with Crippen LogP contribution in [0.5, 0.6) is 5.88 Å². The Hall–Kier alpha value is -3.10. The number of pyridine rings is 1. The van der Waals surface area contributed by atoms with Crippen molar-refractivity contribution in [2.45, 2.75) is 50.7 Å². The quantitative estimate of drug-likeness (QED) is 0.635. The van der Waals surface area contributed by atoms with E-state index in [-0.39, 0.29) is 16.7 Å². The number of benzene rings is 1. The smallest absolute Gasteiger partial charge is 0.416 e. The highest BCUT2D eigenvalue weighted by Crippen LogP contribution is 2.36. The third-order valence-corrected chi connectivity index (χ3v) is 5.93. The molecule has 1 aromatic heterocycles. The summed E-state index contributed by atoms with van der Waals surface area (Å²) in [4.78, 5) is 28.5. The lowest BCUT2D eigenvalue weighted by atomic mass is 9.75. The van der Waals surface area contributed by atoms with Gasteiger partial charge in [-0.15, -0.1) is 0 Å². The largest absolute Gasteiger partial charge is 0.493 e. The van der Waals surface area contributed by atoms with Crippen molar-refractivity contribution in [2.24, 2.45) is 5.92 Å². The summed E-state index contributed by atoms with van der Waals surface area (Å²) in [7, 11) is 0. The number of nitrogens with one attached hydrogen (secondary N) is 1. The van der Waals surface area contributed by atoms with Crippen molar-refractivity contribution in [3.8, 4) is 17.0 Å². The molecule has 9 heteroatoms. The molecule has 0 saturated heterocycles. The summed E-state index contributed by atoms with van der Waals surface area (Å²) in [5, 5.41) is 22.4. The van der Waals surface area contributed by atoms with Crippen LogP contribution in [0.4, 0.5) is 13.2 Å². The number of rotatable bonds is 5. The number of aromatic hydroxyl groups is 1. The maximum absolute atomic E-state index is 13.0. The van der Waals surface area contributed by atoms with Crippen LogP contribution in [0.15, 0.2) is 36.5 Å². The van der Waals surface area contributed by atoms with Gasteiger partial charge in [-0.1, -0.05) is 25.5 Å². The van der Waals surface area contributed by atoms with E-state index in [2.05, 4.69) is 10.3 Å². The zero-order chi connectivity index (χ0) is 22.8. The highest BCUT2D eigenvalue weighted by molar-refractivity contribution is 5.98. The van der Waals surface area contributed by atoms with Crippen molar-refractivity contribution in [1.82, 2.24) is 10.3 Å². The second-order valence-corrected chi connectivity index (χ2v) is 7.87. The third kappa shape index (κ3) is 4.81. The molecule has 1 aliphatic rings. The molecule has 6 nitrogen and oxygen atoms in total. The Morgan fingerprint density at radius 3 is 2.48 bits per heavy atom. The van der Waals surface area contributed by atoms with Crippen LogP contribution in [0.1, 0.15) is 54.9 Å². The van der Waals surface area contributed by atoms with Crippen molar-refractivity contribution in [3.05, 3.63) is 47.7 Å². The molecule has 1 aromatic carbocycles. The second-order valence-electron chi connectivity index (χ2n) is 7.87. The third-order valence-electron chi connectivity index (χ3n) is 5.93. The van der Waals surface area contributed by atoms with E-state index in [0.29, 0.717) is 31.6 Å². The van der Waals surface area contributed by atoms with Crippen LogP contribution in [0, 0.1) is 5.92 Å². The van der Waals surface area contributed by atoms with E-state index in [0.717, 1.165) is 24.8 Å². The summed E-state index contributed by atoms with van der Waals surface area (Å²) in [5.74, 6) is -1.96. The van der Waals surface area contributed by atoms with Gasteiger partial charge >= 0.3 is 12.1 Å². The number of carbonyl (C=O) groups excluding carboxylic acids is 1. The molecular formula is C22H23F3N2O4. The van der Waals surface area contributed by atoms with Crippen LogP contribution in [0.25, 0.3) is 11.1 Å². The van der Waals surface area contributed by atoms with Gasteiger partial charge in [0.2, 0.25) is 5.88 Å². The van der Waals surface area contributed by atoms with Crippen LogP contribution < -0.4 is 5.32 Å². The molecule has 0 unspecified atom stereocenters. The zero-order valence-electron chi connectivity index (χ0n) is 16.9. The Morgan fingerprint density at radius 1 is 1.23 bits per heavy atom. The molecule has 166 valence electrons. The minimum absolute atomic E-state index is 0.0332. The lowest BCUT2D eigenvalue weighted by Gasteiger charge is -2.37. The van der Waals surface area contributed by atoms with Gasteiger partial charge in [0.15, 0.2) is 0 Å². The SMILES string of the molecule is CCC1CCC(NC(=O)c2cnc(O)c(-c3cccc(C(F)(F)F)c3)c2)(C(=O)O)CC1. The zero-order valence-corrected chi connectivity index (χ0v) is 16.9. The summed E-state index contributed by atoms with van der Waals surface area (Å²) in [6, 6.07) is 5.51. The first-order valence-corrected chi connectivity index (χ1v) is 9.98. The molecule has 1 heterocycles. The minimum atomic E-state index is -4.57. The number of alkyl halides is 3. The molecular weight excluding hydrogens is 413 g/mol. The molecule has 3 N–H and O–H groups in total. The summed E-state index contributed by atoms with van der Waals surface area (Å²) in [5.41, 5.74) is -2.39. The molecule has 31 heavy (non-hydrogen) atoms. The van der Waals surface area contributed by atoms with Gasteiger partial charge in [-0.25, -0.2) is 9.78 Å². The Labute approximate surface area is 177 Å². The number of hydrogen-bond acceptors (Lipinski definition) is 4. The number of carbonyl (C=O) groups is 2. The van der Waals surface area contributed by atoms with Gasteiger partial charge in [-0.2, -0.15) is 13.2 Å². The van der Waals surface area contributed by atoms with Crippen LogP contribution in [0.2, 0.25) is 0 Å². The predicted molar refractivity (Wildman–Crippen MR) is 106 cm³/mol. The van der Waals surface area contributed by atoms with Crippen LogP contribution in [-0.2, 0) is 11.0 Å². The molecule has 0 aliphatic heterocycles. The molecule has 1 fully saturated rings. The Morgan fingerprint density at radius 2 is 1.90 bits per heavy atom. The Balaban J connectivity index is 1.89. The topological polar surface area (TPSA) is 99.5 Å². The van der Waals surface area contributed by atoms with Gasteiger partial charge in [-0.05, 0) is 55.4 Å². The number of aliphatic carboxylic acids is 1. The molecule has 2 aromatic rings. The molecule has 0 spiro atoms. The lowest BCUT2D eigenvalue weighted by Crippen LogP contribution is -2.56. The molecule has 0 bridgehead atoms. The normalized spacial score (nSPS) is 21.5. The van der Waals surface area contributed by atoms with E-state index in [1.54, 1.807) is 0 Å². The first-order valence-electron chi connectivity index (χ1n) is 9.98. The first kappa shape index (κ1) is 22.6. The molecule has 0 radical (unpaired) electrons. The number of amides is 1. The maximum Gasteiger partial charge on any atom is 0.416 e. The minimum Gasteiger partial charge on any atom is -0.493 e. The summed E-state index contributed by atoms with van der Waals surface area (Å²) in [6.07, 6.45) is -0.643. The highest BCUT2D eigenvalue weighted by Gasteiger charge is 2.43. The number of carboxylic acids is 1. The average Bonchev–Trinajstić information content (AvgIpc) is 2.74. The first-order chi connectivity index (χ1) is 14.6. The fourth-order valence-corrected chi connectivity index (χ4v) is 3.92. The summed E-state index contributed by atoms with van der Waals surface area (Å²) >= 11 is 0. The summed E-state index contributed by atoms with van der Waals surface area (Å²) < 4.78 is 39.1. The molecule has 1 amide bonds. The average molecular weight is 436 g/mol. The van der Waals surface area contributed by atoms with Crippen molar-refractivity contribution in [3.63, 3.8) is 0 Å². The molecule has 1 saturated carbocycles. The van der Waals surface area contributed by atoms with Gasteiger partial charge in [-0.3, -0.25) is 4.79 Å². The number of nitrogens with zero attached hydrogens (tertiary/aromatic N) is 1. The van der Waals surface area contributed by atoms with Crippen LogP contribution in [0.3, 0.4) is 0 Å². The van der Waals surface area contributed by atoms with Crippen molar-refractivity contribution in [2.75, 3.05) is 0 Å². The second kappa shape index (κ2) is 8.56. The van der Waals surface area contributed by atoms with Crippen LogP contribution in [-0.4, -0.2) is 32.6 Å². The highest BCUT2D eigenvalue weighted by atomic mass is 19.4. The maximum atomic E-state index is 13.0. The fourth-order valence-electron chi connectivity index (χ4n) is 3.92. The number of halogens is 3. The van der Waals surface area contributed by atoms with Gasteiger partial charge in [0.1, 0.15) is 5.54 Å². The number of hydrogen-bond donors (Lipinski definition) is 3. The van der Waals surface area contributed by atoms with E-state index in [4.69, 9.17) is 0 Å². The lowest BCUT2D eigenvalue weighted by molar-refractivity contribution is -0.146. The van der Waals surface area contributed by atoms with Crippen molar-refractivity contribution < 1.29 is 33.0 Å². The Kier molecular flexibility index (Phi) is 6.24. The van der Waals surface area contributed by atoms with E-state index >= 15 is 0 Å². The van der Waals surface area contributed by atoms with E-state index in [9.17, 15) is 33.0 Å². The standard InChI is InChI=1S/C22H23F3N2O4/c1-2-13-6-8-21(9-7-13,20(30)31)27-18(28)15-11-17(19(29)26-12-15)14-4-3-5-16(10-14)22(23,24)25/h3-5,10-13H,2,6-9H2,1H3,(H,26,29)(H,27,28)(H,30,31). The van der Waals surface area contributed by atoms with Crippen LogP contribution >= 0.6 is 0 Å². The van der Waals surface area contributed by atoms with E-state index < -0.39 is 35.0 Å². The van der Waals surface area contributed by atoms with E-state index in [1.807, 2.05) is 6.92 Å². The van der Waals surface area contributed by atoms with E-state index in [1.165, 1.54) is 18.2 Å². The number of carboxylic acid groups (broad SMARTS) is 1. The van der Waals surface area contributed by atoms with Gasteiger partial charge in [0.05, 0.1) is 11.1 Å².